The SMILES string of the molecule is Cc1ccc(NC(=O)c2oc3ccccc3c2NC(=O)C=Cc2ccc3c(c2)OCO3)cc1. The van der Waals surface area contributed by atoms with Gasteiger partial charge in [-0.25, -0.2) is 0 Å². The van der Waals surface area contributed by atoms with Gasteiger partial charge in [0.15, 0.2) is 11.5 Å². The van der Waals surface area contributed by atoms with Crippen molar-refractivity contribution in [3.05, 3.63) is 89.7 Å². The zero-order chi connectivity index (χ0) is 22.8. The number of hydrogen-bond donors (Lipinski definition) is 2. The Labute approximate surface area is 189 Å². The summed E-state index contributed by atoms with van der Waals surface area (Å²) < 4.78 is 16.5. The molecule has 7 heteroatoms. The molecule has 0 atom stereocenters. The highest BCUT2D eigenvalue weighted by molar-refractivity contribution is 6.16. The Morgan fingerprint density at radius 1 is 0.909 bits per heavy atom. The zero-order valence-electron chi connectivity index (χ0n) is 17.8. The van der Waals surface area contributed by atoms with Crippen molar-refractivity contribution in [1.82, 2.24) is 0 Å². The van der Waals surface area contributed by atoms with E-state index in [2.05, 4.69) is 10.6 Å². The molecule has 4 aromatic rings. The highest BCUT2D eigenvalue weighted by Gasteiger charge is 2.22. The van der Waals surface area contributed by atoms with E-state index in [0.29, 0.717) is 33.8 Å². The lowest BCUT2D eigenvalue weighted by Gasteiger charge is -2.06. The molecule has 0 saturated heterocycles. The number of benzene rings is 3. The molecule has 1 aromatic heterocycles. The molecule has 2 amide bonds. The van der Waals surface area contributed by atoms with Gasteiger partial charge in [0, 0.05) is 17.1 Å². The summed E-state index contributed by atoms with van der Waals surface area (Å²) in [5, 5.41) is 6.25. The van der Waals surface area contributed by atoms with E-state index in [1.165, 1.54) is 6.08 Å². The molecule has 0 unspecified atom stereocenters. The summed E-state index contributed by atoms with van der Waals surface area (Å²) in [4.78, 5) is 25.7. The van der Waals surface area contributed by atoms with Crippen molar-refractivity contribution in [2.75, 3.05) is 17.4 Å². The minimum absolute atomic E-state index is 0.0293. The van der Waals surface area contributed by atoms with E-state index < -0.39 is 11.8 Å². The molecule has 0 bridgehead atoms. The van der Waals surface area contributed by atoms with Crippen LogP contribution in [0.15, 0.2) is 77.2 Å². The zero-order valence-corrected chi connectivity index (χ0v) is 17.8. The van der Waals surface area contributed by atoms with Crippen LogP contribution in [0.25, 0.3) is 17.0 Å². The molecule has 0 saturated carbocycles. The van der Waals surface area contributed by atoms with Gasteiger partial charge in [-0.3, -0.25) is 9.59 Å². The van der Waals surface area contributed by atoms with Crippen molar-refractivity contribution >= 4 is 40.2 Å². The predicted molar refractivity (Wildman–Crippen MR) is 126 cm³/mol. The van der Waals surface area contributed by atoms with E-state index in [1.807, 2.05) is 43.3 Å². The van der Waals surface area contributed by atoms with Crippen molar-refractivity contribution in [3.63, 3.8) is 0 Å². The molecule has 33 heavy (non-hydrogen) atoms. The molecular formula is C26H20N2O5. The minimum Gasteiger partial charge on any atom is -0.454 e. The number of para-hydroxylation sites is 1. The van der Waals surface area contributed by atoms with Crippen molar-refractivity contribution in [1.29, 1.82) is 0 Å². The largest absolute Gasteiger partial charge is 0.454 e. The molecule has 1 aliphatic rings. The number of anilines is 2. The maximum atomic E-state index is 13.0. The number of aryl methyl sites for hydroxylation is 1. The van der Waals surface area contributed by atoms with Crippen LogP contribution in [-0.2, 0) is 4.79 Å². The summed E-state index contributed by atoms with van der Waals surface area (Å²) in [6.07, 6.45) is 3.05. The first-order valence-corrected chi connectivity index (χ1v) is 10.3. The van der Waals surface area contributed by atoms with Gasteiger partial charge >= 0.3 is 0 Å². The molecule has 3 aromatic carbocycles. The Morgan fingerprint density at radius 3 is 2.55 bits per heavy atom. The molecule has 2 N–H and O–H groups in total. The first kappa shape index (κ1) is 20.4. The highest BCUT2D eigenvalue weighted by atomic mass is 16.7. The van der Waals surface area contributed by atoms with Crippen molar-refractivity contribution < 1.29 is 23.5 Å². The molecule has 0 aliphatic carbocycles. The predicted octanol–water partition coefficient (Wildman–Crippen LogP) is 5.37. The molecule has 0 spiro atoms. The van der Waals surface area contributed by atoms with E-state index in [1.54, 1.807) is 36.4 Å². The van der Waals surface area contributed by atoms with Gasteiger partial charge in [-0.15, -0.1) is 0 Å². The fraction of sp³-hybridized carbons (Fsp3) is 0.0769. The Hall–Kier alpha value is -4.52. The van der Waals surface area contributed by atoms with E-state index in [9.17, 15) is 9.59 Å². The summed E-state index contributed by atoms with van der Waals surface area (Å²) in [6.45, 7) is 2.15. The average Bonchev–Trinajstić information content (AvgIpc) is 3.44. The molecule has 5 rings (SSSR count). The quantitative estimate of drug-likeness (QED) is 0.407. The number of amides is 2. The Morgan fingerprint density at radius 2 is 1.70 bits per heavy atom. The number of nitrogens with one attached hydrogen (secondary N) is 2. The standard InChI is InChI=1S/C26H20N2O5/c1-16-6-10-18(11-7-16)27-26(30)25-24(19-4-2-3-5-20(19)33-25)28-23(29)13-9-17-8-12-21-22(14-17)32-15-31-21/h2-14H,15H2,1H3,(H,27,30)(H,28,29). The van der Waals surface area contributed by atoms with Gasteiger partial charge in [-0.2, -0.15) is 0 Å². The Balaban J connectivity index is 1.39. The summed E-state index contributed by atoms with van der Waals surface area (Å²) >= 11 is 0. The smallest absolute Gasteiger partial charge is 0.293 e. The van der Waals surface area contributed by atoms with Crippen LogP contribution < -0.4 is 20.1 Å². The Bertz CT molecular complexity index is 1390. The lowest BCUT2D eigenvalue weighted by Crippen LogP contribution is -2.15. The number of furan rings is 1. The van der Waals surface area contributed by atoms with Gasteiger partial charge in [0.25, 0.3) is 5.91 Å². The third kappa shape index (κ3) is 4.29. The van der Waals surface area contributed by atoms with Gasteiger partial charge in [-0.1, -0.05) is 35.9 Å². The number of fused-ring (bicyclic) bond motifs is 2. The van der Waals surface area contributed by atoms with Crippen molar-refractivity contribution in [2.24, 2.45) is 0 Å². The number of carbonyl (C=O) groups is 2. The molecule has 2 heterocycles. The average molecular weight is 440 g/mol. The van der Waals surface area contributed by atoms with Gasteiger partial charge in [0.05, 0.1) is 0 Å². The molecular weight excluding hydrogens is 420 g/mol. The fourth-order valence-electron chi connectivity index (χ4n) is 3.51. The third-order valence-electron chi connectivity index (χ3n) is 5.18. The number of rotatable bonds is 5. The Kier molecular flexibility index (Phi) is 5.28. The van der Waals surface area contributed by atoms with Crippen LogP contribution in [0.2, 0.25) is 0 Å². The first-order chi connectivity index (χ1) is 16.1. The second-order valence-corrected chi connectivity index (χ2v) is 7.56. The lowest BCUT2D eigenvalue weighted by molar-refractivity contribution is -0.111. The van der Waals surface area contributed by atoms with Crippen LogP contribution in [0.5, 0.6) is 11.5 Å². The van der Waals surface area contributed by atoms with Crippen LogP contribution in [0.3, 0.4) is 0 Å². The van der Waals surface area contributed by atoms with Crippen LogP contribution >= 0.6 is 0 Å². The molecule has 164 valence electrons. The number of ether oxygens (including phenoxy) is 2. The van der Waals surface area contributed by atoms with E-state index in [-0.39, 0.29) is 12.6 Å². The van der Waals surface area contributed by atoms with Crippen molar-refractivity contribution in [3.8, 4) is 11.5 Å². The van der Waals surface area contributed by atoms with Crippen molar-refractivity contribution in [2.45, 2.75) is 6.92 Å². The second-order valence-electron chi connectivity index (χ2n) is 7.56. The van der Waals surface area contributed by atoms with Crippen LogP contribution in [-0.4, -0.2) is 18.6 Å². The van der Waals surface area contributed by atoms with E-state index >= 15 is 0 Å². The number of carbonyl (C=O) groups excluding carboxylic acids is 2. The van der Waals surface area contributed by atoms with Gasteiger partial charge in [0.1, 0.15) is 11.3 Å². The monoisotopic (exact) mass is 440 g/mol. The summed E-state index contributed by atoms with van der Waals surface area (Å²) in [5.41, 5.74) is 3.31. The topological polar surface area (TPSA) is 89.8 Å². The summed E-state index contributed by atoms with van der Waals surface area (Å²) in [5.74, 6) is 0.481. The van der Waals surface area contributed by atoms with E-state index in [4.69, 9.17) is 13.9 Å². The van der Waals surface area contributed by atoms with Gasteiger partial charge in [-0.05, 0) is 55.0 Å². The molecule has 1 aliphatic heterocycles. The molecule has 0 fully saturated rings. The fourth-order valence-corrected chi connectivity index (χ4v) is 3.51. The van der Waals surface area contributed by atoms with Gasteiger partial charge in [0.2, 0.25) is 18.5 Å². The van der Waals surface area contributed by atoms with E-state index in [0.717, 1.165) is 11.1 Å². The highest BCUT2D eigenvalue weighted by Crippen LogP contribution is 2.33. The minimum atomic E-state index is -0.454. The molecule has 7 nitrogen and oxygen atoms in total. The van der Waals surface area contributed by atoms with Crippen LogP contribution in [0.4, 0.5) is 11.4 Å². The number of hydrogen-bond acceptors (Lipinski definition) is 5. The maximum Gasteiger partial charge on any atom is 0.293 e. The maximum absolute atomic E-state index is 13.0. The van der Waals surface area contributed by atoms with Crippen LogP contribution in [0.1, 0.15) is 21.7 Å². The normalized spacial score (nSPS) is 12.3. The second kappa shape index (κ2) is 8.55. The van der Waals surface area contributed by atoms with Crippen LogP contribution in [0, 0.1) is 6.92 Å². The van der Waals surface area contributed by atoms with Gasteiger partial charge < -0.3 is 24.5 Å². The third-order valence-corrected chi connectivity index (χ3v) is 5.18. The first-order valence-electron chi connectivity index (χ1n) is 10.3. The summed E-state index contributed by atoms with van der Waals surface area (Å²) in [7, 11) is 0. The lowest BCUT2D eigenvalue weighted by atomic mass is 10.2. The molecule has 0 radical (unpaired) electrons. The summed E-state index contributed by atoms with van der Waals surface area (Å²) in [6, 6.07) is 20.0.